The van der Waals surface area contributed by atoms with Crippen molar-refractivity contribution in [3.8, 4) is 0 Å². The Kier molecular flexibility index (Phi) is 12.2. The van der Waals surface area contributed by atoms with Crippen molar-refractivity contribution in [2.24, 2.45) is 0 Å². The largest absolute Gasteiger partial charge is 0.456 e. The Hall–Kier alpha value is -5.74. The Morgan fingerprint density at radius 1 is 0.727 bits per heavy atom. The van der Waals surface area contributed by atoms with Crippen LogP contribution >= 0.6 is 0 Å². The molecule has 2 aromatic heterocycles. The van der Waals surface area contributed by atoms with E-state index in [0.717, 1.165) is 38.4 Å². The van der Waals surface area contributed by atoms with Gasteiger partial charge in [-0.3, -0.25) is 28.7 Å². The highest BCUT2D eigenvalue weighted by Gasteiger charge is 2.68. The summed E-state index contributed by atoms with van der Waals surface area (Å²) in [6.45, 7) is -0.723. The van der Waals surface area contributed by atoms with Crippen LogP contribution in [-0.2, 0) is 18.9 Å². The molecule has 2 aromatic carbocycles. The van der Waals surface area contributed by atoms with Gasteiger partial charge in [0.2, 0.25) is 6.10 Å². The van der Waals surface area contributed by atoms with Crippen LogP contribution < -0.4 is 28.6 Å². The lowest BCUT2D eigenvalue weighted by atomic mass is 9.96. The number of H-pyrrole nitrogens is 2. The standard InChI is InChI=1S/C24H20F2N2O7.C10H12F2N2O5.H3N/c1-23(25)20(34-19(31)16-10-6-3-7-11-16)24(26,14-33-18(30)15-8-4-2-5-9-15)35-21(23)28-13-12-17(29)27-22(28)32;1-9(11)6(17)10(12,4-15)19-7(9)14-3-2-5(16)13-8(14)18;/h2-13,20-21H,14H2,1H3,(H,27,29,32);2-3,6-7,15,17H,4H2,1H3,(H,13,16,18);1H3/t20-,21+,23+,24+;6-,7+,9+,10+;/m00./s1. The lowest BCUT2D eigenvalue weighted by Crippen LogP contribution is -2.50. The third kappa shape index (κ3) is 8.34. The molecule has 2 saturated heterocycles. The first-order valence-corrected chi connectivity index (χ1v) is 15.9. The fraction of sp³-hybridized carbons (Fsp3) is 0.353. The van der Waals surface area contributed by atoms with Crippen molar-refractivity contribution in [3.05, 3.63) is 138 Å². The van der Waals surface area contributed by atoms with Gasteiger partial charge in [-0.25, -0.2) is 36.7 Å². The minimum Gasteiger partial charge on any atom is -0.456 e. The van der Waals surface area contributed by atoms with E-state index in [2.05, 4.69) is 4.74 Å². The van der Waals surface area contributed by atoms with E-state index in [0.29, 0.717) is 9.13 Å². The molecule has 2 fully saturated rings. The molecule has 0 spiro atoms. The Balaban J connectivity index is 0.000000285. The quantitative estimate of drug-likeness (QED) is 0.126. The number of alkyl halides is 4. The monoisotopic (exact) mass is 781 g/mol. The van der Waals surface area contributed by atoms with Crippen molar-refractivity contribution in [2.75, 3.05) is 13.2 Å². The van der Waals surface area contributed by atoms with E-state index in [1.807, 2.05) is 9.97 Å². The number of aliphatic hydroxyl groups is 2. The van der Waals surface area contributed by atoms with E-state index < -0.39 is 95.4 Å². The van der Waals surface area contributed by atoms with Gasteiger partial charge < -0.3 is 35.3 Å². The van der Waals surface area contributed by atoms with Crippen molar-refractivity contribution in [2.45, 2.75) is 61.6 Å². The predicted octanol–water partition coefficient (Wildman–Crippen LogP) is 1.52. The zero-order valence-electron chi connectivity index (χ0n) is 28.9. The molecule has 0 aliphatic carbocycles. The molecule has 0 saturated carbocycles. The molecule has 21 heteroatoms. The van der Waals surface area contributed by atoms with E-state index in [-0.39, 0.29) is 17.3 Å². The number of hydrogen-bond donors (Lipinski definition) is 5. The number of halogens is 4. The zero-order chi connectivity index (χ0) is 39.6. The van der Waals surface area contributed by atoms with Gasteiger partial charge in [0, 0.05) is 24.5 Å². The minimum atomic E-state index is -3.18. The fourth-order valence-electron chi connectivity index (χ4n) is 5.72. The smallest absolute Gasteiger partial charge is 0.338 e. The van der Waals surface area contributed by atoms with Gasteiger partial charge >= 0.3 is 23.3 Å². The summed E-state index contributed by atoms with van der Waals surface area (Å²) in [5.41, 5.74) is -8.96. The maximum atomic E-state index is 16.2. The lowest BCUT2D eigenvalue weighted by molar-refractivity contribution is -0.208. The van der Waals surface area contributed by atoms with Crippen molar-refractivity contribution in [1.82, 2.24) is 25.3 Å². The van der Waals surface area contributed by atoms with Crippen LogP contribution in [0.5, 0.6) is 0 Å². The highest BCUT2D eigenvalue weighted by atomic mass is 19.2. The van der Waals surface area contributed by atoms with Gasteiger partial charge in [-0.2, -0.15) is 0 Å². The van der Waals surface area contributed by atoms with Crippen LogP contribution in [-0.4, -0.2) is 89.7 Å². The molecule has 4 aromatic rings. The predicted molar refractivity (Wildman–Crippen MR) is 180 cm³/mol. The summed E-state index contributed by atoms with van der Waals surface area (Å²) >= 11 is 0. The maximum Gasteiger partial charge on any atom is 0.338 e. The van der Waals surface area contributed by atoms with Gasteiger partial charge in [0.25, 0.3) is 22.8 Å². The lowest BCUT2D eigenvalue weighted by Gasteiger charge is -2.29. The van der Waals surface area contributed by atoms with Gasteiger partial charge in [-0.15, -0.1) is 0 Å². The van der Waals surface area contributed by atoms with Crippen molar-refractivity contribution in [1.29, 1.82) is 0 Å². The van der Waals surface area contributed by atoms with Gasteiger partial charge in [-0.05, 0) is 38.1 Å². The van der Waals surface area contributed by atoms with E-state index in [1.54, 1.807) is 24.3 Å². The molecular weight excluding hydrogens is 746 g/mol. The third-order valence-corrected chi connectivity index (χ3v) is 8.50. The summed E-state index contributed by atoms with van der Waals surface area (Å²) in [5.74, 6) is -8.19. The van der Waals surface area contributed by atoms with Crippen LogP contribution in [0.2, 0.25) is 0 Å². The molecule has 0 radical (unpaired) electrons. The number of carbonyl (C=O) groups excluding carboxylic acids is 2. The first-order valence-electron chi connectivity index (χ1n) is 15.9. The van der Waals surface area contributed by atoms with E-state index in [4.69, 9.17) is 19.3 Å². The molecule has 6 rings (SSSR count). The molecule has 4 heterocycles. The average molecular weight is 782 g/mol. The van der Waals surface area contributed by atoms with Gasteiger partial charge in [0.05, 0.1) is 11.1 Å². The van der Waals surface area contributed by atoms with Crippen LogP contribution in [0.15, 0.2) is 104 Å². The van der Waals surface area contributed by atoms with Gasteiger partial charge in [0.1, 0.15) is 6.61 Å². The zero-order valence-corrected chi connectivity index (χ0v) is 28.9. The minimum absolute atomic E-state index is 0. The first kappa shape index (κ1) is 42.0. The number of hydrogen-bond acceptors (Lipinski definition) is 13. The fourth-order valence-corrected chi connectivity index (χ4v) is 5.72. The summed E-state index contributed by atoms with van der Waals surface area (Å²) in [6, 6.07) is 16.9. The molecule has 0 amide bonds. The van der Waals surface area contributed by atoms with E-state index >= 15 is 8.78 Å². The van der Waals surface area contributed by atoms with Gasteiger partial charge in [-0.1, -0.05) is 36.4 Å². The summed E-state index contributed by atoms with van der Waals surface area (Å²) in [5, 5.41) is 18.4. The average Bonchev–Trinajstić information content (AvgIpc) is 3.45. The highest BCUT2D eigenvalue weighted by Crippen LogP contribution is 2.49. The second-order valence-electron chi connectivity index (χ2n) is 12.5. The third-order valence-electron chi connectivity index (χ3n) is 8.50. The SMILES string of the molecule is C[C@]1(F)[C@H](n2ccc(=O)[nH]c2=O)O[C@](F)(CO)[C@H]1O.C[C@]1(F)[C@H](n2ccc(=O)[nH]c2=O)O[C@](F)(COC(=O)c2ccccc2)[C@H]1OC(=O)c1ccccc1.N. The molecule has 7 N–H and O–H groups in total. The highest BCUT2D eigenvalue weighted by molar-refractivity contribution is 5.90. The molecule has 17 nitrogen and oxygen atoms in total. The maximum absolute atomic E-state index is 16.2. The van der Waals surface area contributed by atoms with Crippen LogP contribution in [0.25, 0.3) is 0 Å². The Morgan fingerprint density at radius 3 is 1.60 bits per heavy atom. The molecule has 0 bridgehead atoms. The second-order valence-corrected chi connectivity index (χ2v) is 12.5. The number of nitrogens with one attached hydrogen (secondary N) is 2. The Labute approximate surface area is 306 Å². The Bertz CT molecular complexity index is 2230. The van der Waals surface area contributed by atoms with Gasteiger partial charge in [0.15, 0.2) is 36.5 Å². The number of esters is 2. The van der Waals surface area contributed by atoms with Crippen molar-refractivity contribution in [3.63, 3.8) is 0 Å². The normalized spacial score (nSPS) is 29.7. The molecular formula is C34H35F4N5O12. The Morgan fingerprint density at radius 2 is 1.16 bits per heavy atom. The second kappa shape index (κ2) is 15.9. The van der Waals surface area contributed by atoms with Crippen LogP contribution in [0.1, 0.15) is 47.0 Å². The molecule has 55 heavy (non-hydrogen) atoms. The summed E-state index contributed by atoms with van der Waals surface area (Å²) in [7, 11) is 0. The summed E-state index contributed by atoms with van der Waals surface area (Å²) in [4.78, 5) is 74.9. The molecule has 2 aliphatic heterocycles. The van der Waals surface area contributed by atoms with Crippen molar-refractivity contribution < 1.29 is 56.3 Å². The number of aromatic amines is 2. The number of nitrogens with zero attached hydrogens (tertiary/aromatic N) is 2. The molecule has 296 valence electrons. The first-order chi connectivity index (χ1) is 25.3. The number of aliphatic hydroxyl groups excluding tert-OH is 2. The van der Waals surface area contributed by atoms with Crippen molar-refractivity contribution >= 4 is 11.9 Å². The number of carbonyl (C=O) groups is 2. The number of aromatic nitrogens is 4. The molecule has 2 aliphatic rings. The van der Waals surface area contributed by atoms with E-state index in [1.165, 1.54) is 36.4 Å². The number of rotatable bonds is 8. The number of benzene rings is 2. The van der Waals surface area contributed by atoms with Crippen LogP contribution in [0.3, 0.4) is 0 Å². The molecule has 0 unspecified atom stereocenters. The number of ether oxygens (including phenoxy) is 4. The topological polar surface area (TPSA) is 256 Å². The summed E-state index contributed by atoms with van der Waals surface area (Å²) < 4.78 is 81.8. The van der Waals surface area contributed by atoms with Crippen LogP contribution in [0, 0.1) is 0 Å². The summed E-state index contributed by atoms with van der Waals surface area (Å²) in [6.07, 6.45) is -6.49. The van der Waals surface area contributed by atoms with E-state index in [9.17, 15) is 42.7 Å². The van der Waals surface area contributed by atoms with Crippen LogP contribution in [0.4, 0.5) is 17.6 Å². The molecule has 8 atom stereocenters.